The largest absolute Gasteiger partial charge is 0.377 e. The number of pyridine rings is 1. The molecule has 0 saturated carbocycles. The summed E-state index contributed by atoms with van der Waals surface area (Å²) < 4.78 is 0. The van der Waals surface area contributed by atoms with Gasteiger partial charge in [0.25, 0.3) is 0 Å². The first-order valence-corrected chi connectivity index (χ1v) is 7.67. The smallest absolute Gasteiger partial charge is 0.119 e. The lowest BCUT2D eigenvalue weighted by Gasteiger charge is -2.18. The highest BCUT2D eigenvalue weighted by atomic mass is 15.1. The quantitative estimate of drug-likeness (QED) is 0.605. The second-order valence-corrected chi connectivity index (χ2v) is 5.97. The fourth-order valence-electron chi connectivity index (χ4n) is 3.08. The van der Waals surface area contributed by atoms with Crippen molar-refractivity contribution in [3.63, 3.8) is 0 Å². The number of aromatic nitrogens is 3. The molecule has 4 rings (SSSR count). The molecule has 0 bridgehead atoms. The number of hydrogen-bond acceptors (Lipinski definition) is 3. The summed E-state index contributed by atoms with van der Waals surface area (Å²) >= 11 is 0. The van der Waals surface area contributed by atoms with Crippen LogP contribution < -0.4 is 4.90 Å². The maximum Gasteiger partial charge on any atom is 0.119 e. The molecule has 4 nitrogen and oxygen atoms in total. The van der Waals surface area contributed by atoms with Crippen molar-refractivity contribution in [3.05, 3.63) is 54.2 Å². The number of aryl methyl sites for hydroxylation is 1. The maximum atomic E-state index is 4.96. The Morgan fingerprint density at radius 3 is 2.43 bits per heavy atom. The van der Waals surface area contributed by atoms with E-state index in [1.165, 1.54) is 0 Å². The number of hydrogen-bond donors (Lipinski definition) is 1. The lowest BCUT2D eigenvalue weighted by atomic mass is 10.0. The van der Waals surface area contributed by atoms with Crippen LogP contribution in [0.4, 0.5) is 5.69 Å². The van der Waals surface area contributed by atoms with Crippen molar-refractivity contribution in [3.8, 4) is 11.3 Å². The Morgan fingerprint density at radius 1 is 0.913 bits per heavy atom. The minimum Gasteiger partial charge on any atom is -0.377 e. The molecule has 0 radical (unpaired) electrons. The summed E-state index contributed by atoms with van der Waals surface area (Å²) in [7, 11) is 4.12. The number of benzene rings is 2. The van der Waals surface area contributed by atoms with E-state index < -0.39 is 0 Å². The molecule has 4 aromatic rings. The van der Waals surface area contributed by atoms with E-state index in [-0.39, 0.29) is 0 Å². The Balaban J connectivity index is 2.23. The number of fused-ring (bicyclic) bond motifs is 3. The summed E-state index contributed by atoms with van der Waals surface area (Å²) in [4.78, 5) is 7.08. The zero-order valence-electron chi connectivity index (χ0n) is 13.5. The molecule has 0 saturated heterocycles. The number of nitrogens with zero attached hydrogens (tertiary/aromatic N) is 3. The number of rotatable bonds is 2. The molecule has 1 N–H and O–H groups in total. The summed E-state index contributed by atoms with van der Waals surface area (Å²) in [6.07, 6.45) is 0. The first kappa shape index (κ1) is 13.8. The van der Waals surface area contributed by atoms with E-state index in [9.17, 15) is 0 Å². The summed E-state index contributed by atoms with van der Waals surface area (Å²) in [5.74, 6) is 0. The highest BCUT2D eigenvalue weighted by Crippen LogP contribution is 2.37. The van der Waals surface area contributed by atoms with Gasteiger partial charge in [0.05, 0.1) is 11.4 Å². The van der Waals surface area contributed by atoms with E-state index in [0.29, 0.717) is 0 Å². The average molecular weight is 302 g/mol. The molecule has 2 heterocycles. The molecule has 2 aromatic heterocycles. The molecule has 0 aliphatic carbocycles. The highest BCUT2D eigenvalue weighted by Gasteiger charge is 2.17. The van der Waals surface area contributed by atoms with Crippen LogP contribution in [-0.2, 0) is 0 Å². The minimum absolute atomic E-state index is 0.931. The van der Waals surface area contributed by atoms with Crippen LogP contribution in [0, 0.1) is 6.92 Å². The van der Waals surface area contributed by atoms with Crippen molar-refractivity contribution in [2.45, 2.75) is 6.92 Å². The Labute approximate surface area is 134 Å². The molecule has 0 unspecified atom stereocenters. The summed E-state index contributed by atoms with van der Waals surface area (Å²) in [6.45, 7) is 2.01. The van der Waals surface area contributed by atoms with E-state index in [0.717, 1.165) is 44.4 Å². The van der Waals surface area contributed by atoms with E-state index in [4.69, 9.17) is 4.98 Å². The van der Waals surface area contributed by atoms with Gasteiger partial charge in [-0.05, 0) is 13.0 Å². The number of H-pyrrole nitrogens is 1. The molecule has 0 atom stereocenters. The van der Waals surface area contributed by atoms with Gasteiger partial charge < -0.3 is 4.90 Å². The third-order valence-electron chi connectivity index (χ3n) is 4.20. The van der Waals surface area contributed by atoms with Gasteiger partial charge in [-0.2, -0.15) is 5.10 Å². The molecule has 0 aliphatic heterocycles. The van der Waals surface area contributed by atoms with Crippen LogP contribution >= 0.6 is 0 Å². The molecule has 0 spiro atoms. The van der Waals surface area contributed by atoms with Gasteiger partial charge in [0.15, 0.2) is 0 Å². The van der Waals surface area contributed by atoms with Gasteiger partial charge in [0, 0.05) is 36.1 Å². The summed E-state index contributed by atoms with van der Waals surface area (Å²) in [5.41, 5.74) is 6.13. The van der Waals surface area contributed by atoms with Crippen LogP contribution in [-0.4, -0.2) is 29.3 Å². The Hall–Kier alpha value is -2.88. The minimum atomic E-state index is 0.931. The second kappa shape index (κ2) is 5.09. The molecule has 0 amide bonds. The van der Waals surface area contributed by atoms with Crippen LogP contribution in [0.2, 0.25) is 0 Å². The first-order chi connectivity index (χ1) is 11.2. The second-order valence-electron chi connectivity index (χ2n) is 5.97. The normalized spacial score (nSPS) is 11.3. The van der Waals surface area contributed by atoms with Crippen molar-refractivity contribution < 1.29 is 0 Å². The molecular formula is C19H18N4. The average Bonchev–Trinajstić information content (AvgIpc) is 2.95. The Kier molecular flexibility index (Phi) is 3.05. The van der Waals surface area contributed by atoms with Crippen LogP contribution in [0.25, 0.3) is 33.1 Å². The molecular weight excluding hydrogens is 284 g/mol. The monoisotopic (exact) mass is 302 g/mol. The van der Waals surface area contributed by atoms with E-state index >= 15 is 0 Å². The third kappa shape index (κ3) is 2.06. The van der Waals surface area contributed by atoms with E-state index in [2.05, 4.69) is 59.5 Å². The summed E-state index contributed by atoms with van der Waals surface area (Å²) in [5, 5.41) is 9.82. The van der Waals surface area contributed by atoms with Crippen LogP contribution in [0.5, 0.6) is 0 Å². The zero-order chi connectivity index (χ0) is 16.0. The van der Waals surface area contributed by atoms with Gasteiger partial charge >= 0.3 is 0 Å². The van der Waals surface area contributed by atoms with Gasteiger partial charge in [-0.3, -0.25) is 5.10 Å². The zero-order valence-corrected chi connectivity index (χ0v) is 13.5. The number of anilines is 1. The molecule has 114 valence electrons. The van der Waals surface area contributed by atoms with Crippen molar-refractivity contribution in [2.24, 2.45) is 0 Å². The fourth-order valence-corrected chi connectivity index (χ4v) is 3.08. The van der Waals surface area contributed by atoms with E-state index in [1.54, 1.807) is 0 Å². The number of aromatic amines is 1. The molecule has 0 fully saturated rings. The van der Waals surface area contributed by atoms with Crippen molar-refractivity contribution in [1.29, 1.82) is 0 Å². The van der Waals surface area contributed by atoms with Gasteiger partial charge in [0.1, 0.15) is 11.0 Å². The van der Waals surface area contributed by atoms with Crippen LogP contribution in [0.15, 0.2) is 48.5 Å². The van der Waals surface area contributed by atoms with E-state index in [1.807, 2.05) is 25.1 Å². The lowest BCUT2D eigenvalue weighted by Crippen LogP contribution is -2.09. The molecule has 0 aliphatic rings. The third-order valence-corrected chi connectivity index (χ3v) is 4.20. The predicted octanol–water partition coefficient (Wildman–Crippen LogP) is 4.15. The fraction of sp³-hybridized carbons (Fsp3) is 0.158. The highest BCUT2D eigenvalue weighted by molar-refractivity contribution is 6.14. The maximum absolute atomic E-state index is 4.96. The topological polar surface area (TPSA) is 44.8 Å². The van der Waals surface area contributed by atoms with Gasteiger partial charge in [-0.15, -0.1) is 0 Å². The van der Waals surface area contributed by atoms with Crippen molar-refractivity contribution in [1.82, 2.24) is 15.2 Å². The standard InChI is InChI=1S/C19H18N4/c1-12-17-19(22-21-12)14-10-7-11-15(23(2)3)16(14)18(20-17)13-8-5-4-6-9-13/h4-11H,1-3H3,(H,21,22). The summed E-state index contributed by atoms with van der Waals surface area (Å²) in [6, 6.07) is 16.7. The first-order valence-electron chi connectivity index (χ1n) is 7.67. The Bertz CT molecular complexity index is 1000. The lowest BCUT2D eigenvalue weighted by molar-refractivity contribution is 1.07. The molecule has 4 heteroatoms. The van der Waals surface area contributed by atoms with Crippen molar-refractivity contribution >= 4 is 27.5 Å². The Morgan fingerprint density at radius 2 is 1.70 bits per heavy atom. The molecule has 2 aromatic carbocycles. The SMILES string of the molecule is Cc1[nH]nc2c1nc(-c1ccccc1)c1c(N(C)C)cccc12. The number of nitrogens with one attached hydrogen (secondary N) is 1. The van der Waals surface area contributed by atoms with Crippen LogP contribution in [0.1, 0.15) is 5.69 Å². The van der Waals surface area contributed by atoms with Gasteiger partial charge in [-0.1, -0.05) is 42.5 Å². The molecule has 23 heavy (non-hydrogen) atoms. The van der Waals surface area contributed by atoms with Crippen LogP contribution in [0.3, 0.4) is 0 Å². The van der Waals surface area contributed by atoms with Gasteiger partial charge in [-0.25, -0.2) is 4.98 Å². The van der Waals surface area contributed by atoms with Crippen molar-refractivity contribution in [2.75, 3.05) is 19.0 Å². The van der Waals surface area contributed by atoms with Gasteiger partial charge in [0.2, 0.25) is 0 Å². The predicted molar refractivity (Wildman–Crippen MR) is 95.9 cm³/mol.